The number of nitrogens with zero attached hydrogens (tertiary/aromatic N) is 1. The van der Waals surface area contributed by atoms with Crippen molar-refractivity contribution in [2.45, 2.75) is 25.2 Å². The van der Waals surface area contributed by atoms with Gasteiger partial charge in [0.15, 0.2) is 0 Å². The van der Waals surface area contributed by atoms with Crippen molar-refractivity contribution in [1.82, 2.24) is 4.90 Å². The molecule has 0 saturated carbocycles. The van der Waals surface area contributed by atoms with Gasteiger partial charge in [-0.2, -0.15) is 0 Å². The Morgan fingerprint density at radius 3 is 3.06 bits per heavy atom. The van der Waals surface area contributed by atoms with Gasteiger partial charge < -0.3 is 10.0 Å². The molecule has 86 valence electrons. The summed E-state index contributed by atoms with van der Waals surface area (Å²) in [5, 5.41) is 9.65. The second-order valence-electron chi connectivity index (χ2n) is 5.87. The van der Waals surface area contributed by atoms with Gasteiger partial charge in [-0.3, -0.25) is 0 Å². The molecule has 1 heterocycles. The van der Waals surface area contributed by atoms with Crippen LogP contribution in [0.3, 0.4) is 0 Å². The zero-order valence-electron chi connectivity index (χ0n) is 10.0. The number of piperidine rings is 1. The number of benzene rings is 1. The van der Waals surface area contributed by atoms with Gasteiger partial charge in [0.05, 0.1) is 0 Å². The molecule has 1 saturated heterocycles. The highest BCUT2D eigenvalue weighted by molar-refractivity contribution is 5.42. The molecule has 1 aromatic carbocycles. The summed E-state index contributed by atoms with van der Waals surface area (Å²) in [6, 6.07) is 5.91. The second-order valence-corrected chi connectivity index (χ2v) is 5.87. The Labute approximate surface area is 96.9 Å². The Bertz CT molecular complexity index is 429. The fourth-order valence-corrected chi connectivity index (χ4v) is 3.81. The zero-order chi connectivity index (χ0) is 11.3. The van der Waals surface area contributed by atoms with Gasteiger partial charge in [0.2, 0.25) is 0 Å². The maximum atomic E-state index is 9.65. The summed E-state index contributed by atoms with van der Waals surface area (Å²) in [5.41, 5.74) is 3.06. The highest BCUT2D eigenvalue weighted by Gasteiger charge is 2.41. The van der Waals surface area contributed by atoms with Crippen LogP contribution in [-0.2, 0) is 11.8 Å². The van der Waals surface area contributed by atoms with Crippen LogP contribution < -0.4 is 0 Å². The normalized spacial score (nSPS) is 33.5. The van der Waals surface area contributed by atoms with Crippen LogP contribution in [0.1, 0.15) is 24.5 Å². The summed E-state index contributed by atoms with van der Waals surface area (Å²) < 4.78 is 0. The standard InChI is InChI=1S/C14H19NO/c1-14-7-10(8-15(2)9-14)5-11-3-4-12(16)6-13(11)14/h3-4,6,10,16H,5,7-9H2,1-2H3/t10-,14+/m0/s1. The van der Waals surface area contributed by atoms with Crippen molar-refractivity contribution in [3.8, 4) is 5.75 Å². The van der Waals surface area contributed by atoms with Gasteiger partial charge in [-0.15, -0.1) is 0 Å². The molecule has 2 nitrogen and oxygen atoms in total. The quantitative estimate of drug-likeness (QED) is 0.720. The third-order valence-corrected chi connectivity index (χ3v) is 4.18. The number of hydrogen-bond acceptors (Lipinski definition) is 2. The van der Waals surface area contributed by atoms with Gasteiger partial charge in [-0.1, -0.05) is 13.0 Å². The van der Waals surface area contributed by atoms with E-state index in [0.29, 0.717) is 5.75 Å². The number of fused-ring (bicyclic) bond motifs is 4. The molecule has 2 aliphatic rings. The molecule has 3 rings (SSSR count). The molecule has 2 atom stereocenters. The molecule has 0 radical (unpaired) electrons. The number of likely N-dealkylation sites (tertiary alicyclic amines) is 1. The third kappa shape index (κ3) is 1.44. The number of rotatable bonds is 0. The summed E-state index contributed by atoms with van der Waals surface area (Å²) in [5.74, 6) is 1.20. The molecular weight excluding hydrogens is 198 g/mol. The Kier molecular flexibility index (Phi) is 2.05. The molecule has 1 aliphatic carbocycles. The number of phenolic OH excluding ortho intramolecular Hbond substituents is 1. The average Bonchev–Trinajstić information content (AvgIpc) is 2.18. The number of likely N-dealkylation sites (N-methyl/N-ethyl adjacent to an activating group) is 1. The van der Waals surface area contributed by atoms with E-state index in [1.165, 1.54) is 30.5 Å². The number of phenols is 1. The smallest absolute Gasteiger partial charge is 0.115 e. The minimum Gasteiger partial charge on any atom is -0.508 e. The van der Waals surface area contributed by atoms with Crippen LogP contribution in [0.2, 0.25) is 0 Å². The molecule has 1 fully saturated rings. The summed E-state index contributed by atoms with van der Waals surface area (Å²) in [6.45, 7) is 4.67. The number of hydrogen-bond donors (Lipinski definition) is 1. The SMILES string of the molecule is CN1C[C@H]2Cc3ccc(O)cc3[C@](C)(C2)C1. The fourth-order valence-electron chi connectivity index (χ4n) is 3.81. The van der Waals surface area contributed by atoms with Crippen molar-refractivity contribution in [3.05, 3.63) is 29.3 Å². The van der Waals surface area contributed by atoms with Crippen LogP contribution in [0.15, 0.2) is 18.2 Å². The van der Waals surface area contributed by atoms with Crippen molar-refractivity contribution in [3.63, 3.8) is 0 Å². The largest absolute Gasteiger partial charge is 0.508 e. The molecule has 16 heavy (non-hydrogen) atoms. The maximum absolute atomic E-state index is 9.65. The zero-order valence-corrected chi connectivity index (χ0v) is 10.0. The Morgan fingerprint density at radius 1 is 1.44 bits per heavy atom. The van der Waals surface area contributed by atoms with Gasteiger partial charge in [0.25, 0.3) is 0 Å². The van der Waals surface area contributed by atoms with Crippen LogP contribution in [0, 0.1) is 5.92 Å². The topological polar surface area (TPSA) is 23.5 Å². The van der Waals surface area contributed by atoms with Crippen LogP contribution in [0.25, 0.3) is 0 Å². The van der Waals surface area contributed by atoms with Gasteiger partial charge in [0.1, 0.15) is 5.75 Å². The van der Waals surface area contributed by atoms with E-state index in [4.69, 9.17) is 0 Å². The predicted molar refractivity (Wildman–Crippen MR) is 64.8 cm³/mol. The summed E-state index contributed by atoms with van der Waals surface area (Å²) in [7, 11) is 2.21. The van der Waals surface area contributed by atoms with Gasteiger partial charge in [-0.05, 0) is 49.1 Å². The first-order valence-electron chi connectivity index (χ1n) is 6.08. The van der Waals surface area contributed by atoms with Crippen molar-refractivity contribution in [2.24, 2.45) is 5.92 Å². The lowest BCUT2D eigenvalue weighted by Crippen LogP contribution is -2.50. The molecule has 0 unspecified atom stereocenters. The lowest BCUT2D eigenvalue weighted by atomic mass is 9.64. The van der Waals surface area contributed by atoms with Gasteiger partial charge in [-0.25, -0.2) is 0 Å². The van der Waals surface area contributed by atoms with Crippen LogP contribution in [0.4, 0.5) is 0 Å². The summed E-state index contributed by atoms with van der Waals surface area (Å²) in [6.07, 6.45) is 2.45. The summed E-state index contributed by atoms with van der Waals surface area (Å²) >= 11 is 0. The maximum Gasteiger partial charge on any atom is 0.115 e. The van der Waals surface area contributed by atoms with E-state index >= 15 is 0 Å². The second kappa shape index (κ2) is 3.24. The monoisotopic (exact) mass is 217 g/mol. The van der Waals surface area contributed by atoms with E-state index < -0.39 is 0 Å². The van der Waals surface area contributed by atoms with Crippen molar-refractivity contribution >= 4 is 0 Å². The summed E-state index contributed by atoms with van der Waals surface area (Å²) in [4.78, 5) is 2.43. The van der Waals surface area contributed by atoms with Crippen LogP contribution >= 0.6 is 0 Å². The first-order chi connectivity index (χ1) is 7.57. The van der Waals surface area contributed by atoms with E-state index in [0.717, 1.165) is 12.5 Å². The average molecular weight is 217 g/mol. The molecule has 1 N–H and O–H groups in total. The molecule has 2 bridgehead atoms. The first-order valence-corrected chi connectivity index (χ1v) is 6.08. The Morgan fingerprint density at radius 2 is 2.25 bits per heavy atom. The van der Waals surface area contributed by atoms with Crippen LogP contribution in [-0.4, -0.2) is 30.1 Å². The molecule has 0 spiro atoms. The molecule has 1 aromatic rings. The van der Waals surface area contributed by atoms with E-state index in [9.17, 15) is 5.11 Å². The molecule has 2 heteroatoms. The first kappa shape index (κ1) is 10.2. The highest BCUT2D eigenvalue weighted by atomic mass is 16.3. The van der Waals surface area contributed by atoms with E-state index in [-0.39, 0.29) is 5.41 Å². The van der Waals surface area contributed by atoms with E-state index in [1.54, 1.807) is 0 Å². The van der Waals surface area contributed by atoms with Crippen molar-refractivity contribution in [2.75, 3.05) is 20.1 Å². The fraction of sp³-hybridized carbons (Fsp3) is 0.571. The molecular formula is C14H19NO. The highest BCUT2D eigenvalue weighted by Crippen LogP contribution is 2.44. The van der Waals surface area contributed by atoms with E-state index in [2.05, 4.69) is 24.9 Å². The minimum absolute atomic E-state index is 0.240. The molecule has 0 amide bonds. The van der Waals surface area contributed by atoms with Gasteiger partial charge >= 0.3 is 0 Å². The Hall–Kier alpha value is -1.02. The van der Waals surface area contributed by atoms with Crippen LogP contribution in [0.5, 0.6) is 5.75 Å². The van der Waals surface area contributed by atoms with Crippen molar-refractivity contribution in [1.29, 1.82) is 0 Å². The van der Waals surface area contributed by atoms with Crippen molar-refractivity contribution < 1.29 is 5.11 Å². The van der Waals surface area contributed by atoms with E-state index in [1.807, 2.05) is 12.1 Å². The van der Waals surface area contributed by atoms with Gasteiger partial charge in [0, 0.05) is 18.5 Å². The number of aromatic hydroxyl groups is 1. The Balaban J connectivity index is 2.12. The third-order valence-electron chi connectivity index (χ3n) is 4.18. The minimum atomic E-state index is 0.240. The molecule has 1 aliphatic heterocycles. The predicted octanol–water partition coefficient (Wildman–Crippen LogP) is 2.16. The molecule has 0 aromatic heterocycles. The lowest BCUT2D eigenvalue weighted by molar-refractivity contribution is 0.120. The lowest BCUT2D eigenvalue weighted by Gasteiger charge is -2.48.